The number of halogens is 3. The van der Waals surface area contributed by atoms with Crippen LogP contribution in [0.3, 0.4) is 0 Å². The highest BCUT2D eigenvalue weighted by Gasteiger charge is 2.31. The molecule has 0 spiro atoms. The second-order valence-electron chi connectivity index (χ2n) is 10.2. The maximum Gasteiger partial charge on any atom is 0.416 e. The van der Waals surface area contributed by atoms with Crippen molar-refractivity contribution >= 4 is 11.5 Å². The van der Waals surface area contributed by atoms with Gasteiger partial charge >= 0.3 is 6.18 Å². The molecule has 0 amide bonds. The van der Waals surface area contributed by atoms with E-state index >= 15 is 0 Å². The van der Waals surface area contributed by atoms with E-state index in [1.54, 1.807) is 6.07 Å². The Bertz CT molecular complexity index is 737. The van der Waals surface area contributed by atoms with Crippen molar-refractivity contribution in [1.82, 2.24) is 9.80 Å². The second-order valence-corrected chi connectivity index (χ2v) is 10.2. The summed E-state index contributed by atoms with van der Waals surface area (Å²) >= 11 is 0. The first kappa shape index (κ1) is 26.0. The third-order valence-electron chi connectivity index (χ3n) is 7.29. The zero-order chi connectivity index (χ0) is 23.8. The predicted octanol–water partition coefficient (Wildman–Crippen LogP) is 5.32. The molecule has 1 saturated carbocycles. The summed E-state index contributed by atoms with van der Waals surface area (Å²) in [5, 5.41) is 0. The van der Waals surface area contributed by atoms with E-state index < -0.39 is 11.7 Å². The third kappa shape index (κ3) is 8.60. The molecule has 3 rings (SSSR count). The minimum Gasteiger partial charge on any atom is -0.369 e. The molecule has 2 fully saturated rings. The van der Waals surface area contributed by atoms with Crippen molar-refractivity contribution in [3.05, 3.63) is 29.8 Å². The predicted molar refractivity (Wildman–Crippen MR) is 128 cm³/mol. The Balaban J connectivity index is 1.30. The van der Waals surface area contributed by atoms with E-state index in [0.29, 0.717) is 24.4 Å². The summed E-state index contributed by atoms with van der Waals surface area (Å²) in [5.41, 5.74) is 0.101. The number of alkyl halides is 3. The second kappa shape index (κ2) is 12.2. The highest BCUT2D eigenvalue weighted by Crippen LogP contribution is 2.34. The number of piperazine rings is 1. The molecule has 1 aromatic carbocycles. The van der Waals surface area contributed by atoms with Crippen molar-refractivity contribution in [1.29, 1.82) is 0 Å². The summed E-state index contributed by atoms with van der Waals surface area (Å²) in [7, 11) is 3.88. The van der Waals surface area contributed by atoms with Gasteiger partial charge in [0, 0.05) is 38.3 Å². The molecule has 33 heavy (non-hydrogen) atoms. The Labute approximate surface area is 197 Å². The Morgan fingerprint density at radius 1 is 1.00 bits per heavy atom. The number of hydrogen-bond acceptors (Lipinski definition) is 4. The third-order valence-corrected chi connectivity index (χ3v) is 7.29. The molecule has 1 heterocycles. The van der Waals surface area contributed by atoms with E-state index in [4.69, 9.17) is 0 Å². The van der Waals surface area contributed by atoms with Crippen molar-refractivity contribution in [2.45, 2.75) is 57.5 Å². The van der Waals surface area contributed by atoms with E-state index in [-0.39, 0.29) is 0 Å². The van der Waals surface area contributed by atoms with E-state index in [1.165, 1.54) is 50.7 Å². The van der Waals surface area contributed by atoms with Gasteiger partial charge in [0.2, 0.25) is 0 Å². The van der Waals surface area contributed by atoms with Crippen molar-refractivity contribution in [2.75, 3.05) is 58.3 Å². The van der Waals surface area contributed by atoms with Crippen LogP contribution in [0.1, 0.15) is 56.9 Å². The zero-order valence-electron chi connectivity index (χ0n) is 20.2. The number of nitrogens with zero attached hydrogens (tertiary/aromatic N) is 3. The molecule has 1 saturated heterocycles. The van der Waals surface area contributed by atoms with Gasteiger partial charge in [0.05, 0.1) is 12.1 Å². The van der Waals surface area contributed by atoms with Crippen LogP contribution in [-0.2, 0) is 11.0 Å². The number of anilines is 1. The van der Waals surface area contributed by atoms with Crippen LogP contribution in [0.4, 0.5) is 18.9 Å². The molecule has 7 heteroatoms. The largest absolute Gasteiger partial charge is 0.416 e. The number of hydrogen-bond donors (Lipinski definition) is 0. The molecule has 0 radical (unpaired) electrons. The van der Waals surface area contributed by atoms with Gasteiger partial charge in [0.25, 0.3) is 0 Å². The molecule has 0 bridgehead atoms. The molecular weight excluding hydrogens is 427 g/mol. The first-order chi connectivity index (χ1) is 15.7. The molecular formula is C26H40F3N3O. The quantitative estimate of drug-likeness (QED) is 0.465. The van der Waals surface area contributed by atoms with Crippen molar-refractivity contribution in [2.24, 2.45) is 11.8 Å². The van der Waals surface area contributed by atoms with Gasteiger partial charge in [-0.2, -0.15) is 13.2 Å². The van der Waals surface area contributed by atoms with Gasteiger partial charge in [-0.05, 0) is 63.5 Å². The number of carbonyl (C=O) groups is 1. The Morgan fingerprint density at radius 3 is 2.24 bits per heavy atom. The standard InChI is InChI=1S/C26H40F3N3O/c1-30(2)20-25(33)8-3-5-21-9-11-22(12-10-21)13-14-31-15-17-32(18-16-31)24-7-4-6-23(19-24)26(27,28)29/h4,6-7,19,21-22H,3,5,8-18,20H2,1-2H3. The fourth-order valence-corrected chi connectivity index (χ4v) is 5.30. The number of ketones is 1. The smallest absolute Gasteiger partial charge is 0.369 e. The normalized spacial score (nSPS) is 22.7. The lowest BCUT2D eigenvalue weighted by molar-refractivity contribution is -0.137. The van der Waals surface area contributed by atoms with Crippen molar-refractivity contribution < 1.29 is 18.0 Å². The number of rotatable bonds is 10. The maximum atomic E-state index is 13.0. The zero-order valence-corrected chi connectivity index (χ0v) is 20.2. The summed E-state index contributed by atoms with van der Waals surface area (Å²) in [6.45, 7) is 5.02. The molecule has 186 valence electrons. The Morgan fingerprint density at radius 2 is 1.64 bits per heavy atom. The molecule has 0 unspecified atom stereocenters. The SMILES string of the molecule is CN(C)CC(=O)CCCC1CCC(CCN2CCN(c3cccc(C(F)(F)F)c3)CC2)CC1. The van der Waals surface area contributed by atoms with Crippen LogP contribution >= 0.6 is 0 Å². The Kier molecular flexibility index (Phi) is 9.62. The molecule has 1 aliphatic carbocycles. The summed E-state index contributed by atoms with van der Waals surface area (Å²) in [4.78, 5) is 18.3. The van der Waals surface area contributed by atoms with E-state index in [2.05, 4.69) is 9.80 Å². The number of likely N-dealkylation sites (N-methyl/N-ethyl adjacent to an activating group) is 1. The maximum absolute atomic E-state index is 13.0. The number of Topliss-reactive ketones (excluding diaryl/α,β-unsaturated/α-hetero) is 1. The van der Waals surface area contributed by atoms with Crippen LogP contribution in [0, 0.1) is 11.8 Å². The average molecular weight is 468 g/mol. The van der Waals surface area contributed by atoms with Crippen LogP contribution in [0.25, 0.3) is 0 Å². The van der Waals surface area contributed by atoms with Gasteiger partial charge in [0.1, 0.15) is 5.78 Å². The minimum atomic E-state index is -4.29. The van der Waals surface area contributed by atoms with Crippen LogP contribution in [0.5, 0.6) is 0 Å². The average Bonchev–Trinajstić information content (AvgIpc) is 2.78. The molecule has 0 N–H and O–H groups in total. The van der Waals surface area contributed by atoms with Gasteiger partial charge < -0.3 is 9.80 Å². The molecule has 4 nitrogen and oxygen atoms in total. The molecule has 1 aromatic rings. The minimum absolute atomic E-state index is 0.349. The molecule has 2 aliphatic rings. The van der Waals surface area contributed by atoms with Crippen LogP contribution in [0.2, 0.25) is 0 Å². The first-order valence-corrected chi connectivity index (χ1v) is 12.5. The van der Waals surface area contributed by atoms with Crippen molar-refractivity contribution in [3.8, 4) is 0 Å². The van der Waals surface area contributed by atoms with Gasteiger partial charge in [-0.15, -0.1) is 0 Å². The highest BCUT2D eigenvalue weighted by molar-refractivity contribution is 5.80. The lowest BCUT2D eigenvalue weighted by Crippen LogP contribution is -2.47. The van der Waals surface area contributed by atoms with Crippen LogP contribution in [0.15, 0.2) is 24.3 Å². The van der Waals surface area contributed by atoms with Gasteiger partial charge in [-0.25, -0.2) is 0 Å². The molecule has 0 atom stereocenters. The fraction of sp³-hybridized carbons (Fsp3) is 0.731. The van der Waals surface area contributed by atoms with Crippen LogP contribution in [-0.4, -0.2) is 68.9 Å². The monoisotopic (exact) mass is 467 g/mol. The van der Waals surface area contributed by atoms with E-state index in [1.807, 2.05) is 19.0 Å². The summed E-state index contributed by atoms with van der Waals surface area (Å²) in [5.74, 6) is 1.92. The van der Waals surface area contributed by atoms with Crippen molar-refractivity contribution in [3.63, 3.8) is 0 Å². The molecule has 1 aliphatic heterocycles. The summed E-state index contributed by atoms with van der Waals surface area (Å²) in [6, 6.07) is 5.69. The summed E-state index contributed by atoms with van der Waals surface area (Å²) < 4.78 is 39.0. The number of benzene rings is 1. The van der Waals surface area contributed by atoms with E-state index in [9.17, 15) is 18.0 Å². The van der Waals surface area contributed by atoms with Crippen LogP contribution < -0.4 is 4.90 Å². The topological polar surface area (TPSA) is 26.8 Å². The highest BCUT2D eigenvalue weighted by atomic mass is 19.4. The lowest BCUT2D eigenvalue weighted by atomic mass is 9.78. The van der Waals surface area contributed by atoms with Gasteiger partial charge in [0.15, 0.2) is 0 Å². The first-order valence-electron chi connectivity index (χ1n) is 12.5. The van der Waals surface area contributed by atoms with E-state index in [0.717, 1.165) is 57.0 Å². The van der Waals surface area contributed by atoms with Gasteiger partial charge in [-0.1, -0.05) is 38.2 Å². The molecule has 0 aromatic heterocycles. The fourth-order valence-electron chi connectivity index (χ4n) is 5.30. The van der Waals surface area contributed by atoms with Gasteiger partial charge in [-0.3, -0.25) is 9.69 Å². The summed E-state index contributed by atoms with van der Waals surface area (Å²) in [6.07, 6.45) is 5.01. The lowest BCUT2D eigenvalue weighted by Gasteiger charge is -2.37. The Hall–Kier alpha value is -1.60. The number of carbonyl (C=O) groups excluding carboxylic acids is 1.